The van der Waals surface area contributed by atoms with Gasteiger partial charge in [0, 0.05) is 13.1 Å². The lowest BCUT2D eigenvalue weighted by molar-refractivity contribution is -0.140. The fourth-order valence-electron chi connectivity index (χ4n) is 3.02. The Bertz CT molecular complexity index is 503. The van der Waals surface area contributed by atoms with Crippen LogP contribution < -0.4 is 4.90 Å². The maximum atomic E-state index is 11.0. The lowest BCUT2D eigenvalue weighted by Gasteiger charge is -2.23. The molecule has 1 aliphatic carbocycles. The lowest BCUT2D eigenvalue weighted by Crippen LogP contribution is -2.25. The largest absolute Gasteiger partial charge is 0.481 e. The van der Waals surface area contributed by atoms with Gasteiger partial charge < -0.3 is 10.0 Å². The Morgan fingerprint density at radius 2 is 2.26 bits per heavy atom. The molecule has 1 aromatic rings. The van der Waals surface area contributed by atoms with Gasteiger partial charge in [0.1, 0.15) is 0 Å². The molecule has 1 fully saturated rings. The number of anilines is 1. The molecule has 102 valence electrons. The van der Waals surface area contributed by atoms with E-state index in [1.165, 1.54) is 12.0 Å². The predicted octanol–water partition coefficient (Wildman–Crippen LogP) is 1.51. The van der Waals surface area contributed by atoms with Gasteiger partial charge in [-0.3, -0.25) is 4.79 Å². The monoisotopic (exact) mass is 261 g/mol. The SMILES string of the molecule is CC1CCc2nnc(N3CCC(C(=O)O)C3)cc2C1. The van der Waals surface area contributed by atoms with Crippen molar-refractivity contribution in [3.63, 3.8) is 0 Å². The highest BCUT2D eigenvalue weighted by atomic mass is 16.4. The molecule has 19 heavy (non-hydrogen) atoms. The van der Waals surface area contributed by atoms with E-state index in [1.807, 2.05) is 4.90 Å². The third kappa shape index (κ3) is 2.41. The number of aliphatic carboxylic acids is 1. The molecule has 1 aliphatic heterocycles. The second kappa shape index (κ2) is 4.79. The summed E-state index contributed by atoms with van der Waals surface area (Å²) in [7, 11) is 0. The van der Waals surface area contributed by atoms with Crippen LogP contribution in [0.1, 0.15) is 31.0 Å². The number of nitrogens with zero attached hydrogens (tertiary/aromatic N) is 3. The van der Waals surface area contributed by atoms with Gasteiger partial charge >= 0.3 is 5.97 Å². The summed E-state index contributed by atoms with van der Waals surface area (Å²) in [5.41, 5.74) is 2.42. The summed E-state index contributed by atoms with van der Waals surface area (Å²) in [5.74, 6) is 0.574. The van der Waals surface area contributed by atoms with E-state index in [0.717, 1.165) is 30.9 Å². The third-order valence-electron chi connectivity index (χ3n) is 4.25. The summed E-state index contributed by atoms with van der Waals surface area (Å²) in [4.78, 5) is 13.0. The number of hydrogen-bond acceptors (Lipinski definition) is 4. The van der Waals surface area contributed by atoms with Crippen molar-refractivity contribution < 1.29 is 9.90 Å². The molecule has 0 radical (unpaired) electrons. The van der Waals surface area contributed by atoms with Crippen LogP contribution in [0.4, 0.5) is 5.82 Å². The summed E-state index contributed by atoms with van der Waals surface area (Å²) in [6, 6.07) is 2.11. The standard InChI is InChI=1S/C14H19N3O2/c1-9-2-3-12-11(6-9)7-13(16-15-12)17-5-4-10(8-17)14(18)19/h7,9-10H,2-6,8H2,1H3,(H,18,19). The molecule has 0 aromatic carbocycles. The molecular weight excluding hydrogens is 242 g/mol. The minimum atomic E-state index is -0.706. The molecular formula is C14H19N3O2. The Kier molecular flexibility index (Phi) is 3.12. The zero-order chi connectivity index (χ0) is 13.4. The van der Waals surface area contributed by atoms with Gasteiger partial charge in [0.05, 0.1) is 11.6 Å². The van der Waals surface area contributed by atoms with Gasteiger partial charge in [0.15, 0.2) is 5.82 Å². The Hall–Kier alpha value is -1.65. The average molecular weight is 261 g/mol. The molecule has 2 aliphatic rings. The minimum absolute atomic E-state index is 0.267. The van der Waals surface area contributed by atoms with E-state index in [1.54, 1.807) is 0 Å². The summed E-state index contributed by atoms with van der Waals surface area (Å²) in [6.07, 6.45) is 3.96. The van der Waals surface area contributed by atoms with Crippen molar-refractivity contribution in [2.24, 2.45) is 11.8 Å². The first-order valence-corrected chi connectivity index (χ1v) is 6.96. The quantitative estimate of drug-likeness (QED) is 0.874. The number of carboxylic acids is 1. The molecule has 3 rings (SSSR count). The number of carboxylic acid groups (broad SMARTS) is 1. The molecule has 2 atom stereocenters. The zero-order valence-electron chi connectivity index (χ0n) is 11.2. The molecule has 0 amide bonds. The maximum Gasteiger partial charge on any atom is 0.308 e. The van der Waals surface area contributed by atoms with Gasteiger partial charge in [0.2, 0.25) is 0 Å². The Morgan fingerprint density at radius 3 is 3.00 bits per heavy atom. The first-order chi connectivity index (χ1) is 9.13. The van der Waals surface area contributed by atoms with Crippen LogP contribution in [0.2, 0.25) is 0 Å². The van der Waals surface area contributed by atoms with Crippen LogP contribution in [0, 0.1) is 11.8 Å². The summed E-state index contributed by atoms with van der Waals surface area (Å²) >= 11 is 0. The molecule has 1 N–H and O–H groups in total. The molecule has 5 nitrogen and oxygen atoms in total. The fraction of sp³-hybridized carbons (Fsp3) is 0.643. The molecule has 2 unspecified atom stereocenters. The number of aromatic nitrogens is 2. The van der Waals surface area contributed by atoms with Crippen molar-refractivity contribution in [1.82, 2.24) is 10.2 Å². The minimum Gasteiger partial charge on any atom is -0.481 e. The van der Waals surface area contributed by atoms with Crippen molar-refractivity contribution in [1.29, 1.82) is 0 Å². The summed E-state index contributed by atoms with van der Waals surface area (Å²) in [5, 5.41) is 17.6. The van der Waals surface area contributed by atoms with Crippen molar-refractivity contribution in [3.05, 3.63) is 17.3 Å². The van der Waals surface area contributed by atoms with Crippen LogP contribution in [0.15, 0.2) is 6.07 Å². The van der Waals surface area contributed by atoms with E-state index >= 15 is 0 Å². The highest BCUT2D eigenvalue weighted by Crippen LogP contribution is 2.28. The van der Waals surface area contributed by atoms with Gasteiger partial charge in [-0.25, -0.2) is 0 Å². The highest BCUT2D eigenvalue weighted by Gasteiger charge is 2.29. The predicted molar refractivity (Wildman–Crippen MR) is 71.2 cm³/mol. The van der Waals surface area contributed by atoms with Crippen LogP contribution in [0.3, 0.4) is 0 Å². The smallest absolute Gasteiger partial charge is 0.308 e. The summed E-state index contributed by atoms with van der Waals surface area (Å²) in [6.45, 7) is 3.58. The second-order valence-corrected chi connectivity index (χ2v) is 5.79. The Balaban J connectivity index is 1.79. The zero-order valence-corrected chi connectivity index (χ0v) is 11.2. The molecule has 0 saturated carbocycles. The van der Waals surface area contributed by atoms with Gasteiger partial charge in [-0.05, 0) is 43.2 Å². The number of rotatable bonds is 2. The van der Waals surface area contributed by atoms with E-state index in [4.69, 9.17) is 5.11 Å². The van der Waals surface area contributed by atoms with Crippen LogP contribution >= 0.6 is 0 Å². The van der Waals surface area contributed by atoms with Crippen LogP contribution in [0.5, 0.6) is 0 Å². The lowest BCUT2D eigenvalue weighted by atomic mass is 9.88. The van der Waals surface area contributed by atoms with Crippen LogP contribution in [-0.2, 0) is 17.6 Å². The first kappa shape index (κ1) is 12.4. The molecule has 0 bridgehead atoms. The van der Waals surface area contributed by atoms with Gasteiger partial charge in [-0.1, -0.05) is 6.92 Å². The normalized spacial score (nSPS) is 26.3. The number of hydrogen-bond donors (Lipinski definition) is 1. The van der Waals surface area contributed by atoms with Crippen LogP contribution in [-0.4, -0.2) is 34.4 Å². The first-order valence-electron chi connectivity index (χ1n) is 6.96. The van der Waals surface area contributed by atoms with Crippen molar-refractivity contribution in [3.8, 4) is 0 Å². The Morgan fingerprint density at radius 1 is 1.42 bits per heavy atom. The molecule has 2 heterocycles. The van der Waals surface area contributed by atoms with Gasteiger partial charge in [-0.15, -0.1) is 5.10 Å². The van der Waals surface area contributed by atoms with Gasteiger partial charge in [-0.2, -0.15) is 5.10 Å². The molecule has 5 heteroatoms. The van der Waals surface area contributed by atoms with Crippen molar-refractivity contribution in [2.45, 2.75) is 32.6 Å². The highest BCUT2D eigenvalue weighted by molar-refractivity contribution is 5.71. The summed E-state index contributed by atoms with van der Waals surface area (Å²) < 4.78 is 0. The molecule has 0 spiro atoms. The number of carbonyl (C=O) groups is 1. The molecule has 1 saturated heterocycles. The van der Waals surface area contributed by atoms with E-state index in [2.05, 4.69) is 23.2 Å². The second-order valence-electron chi connectivity index (χ2n) is 5.79. The van der Waals surface area contributed by atoms with Crippen LogP contribution in [0.25, 0.3) is 0 Å². The van der Waals surface area contributed by atoms with Crippen molar-refractivity contribution in [2.75, 3.05) is 18.0 Å². The Labute approximate surface area is 112 Å². The van der Waals surface area contributed by atoms with E-state index < -0.39 is 5.97 Å². The van der Waals surface area contributed by atoms with Crippen molar-refractivity contribution >= 4 is 11.8 Å². The third-order valence-corrected chi connectivity index (χ3v) is 4.25. The maximum absolute atomic E-state index is 11.0. The fourth-order valence-corrected chi connectivity index (χ4v) is 3.02. The number of aryl methyl sites for hydroxylation is 1. The topological polar surface area (TPSA) is 66.3 Å². The van der Waals surface area contributed by atoms with Gasteiger partial charge in [0.25, 0.3) is 0 Å². The van der Waals surface area contributed by atoms with E-state index in [-0.39, 0.29) is 5.92 Å². The van der Waals surface area contributed by atoms with E-state index in [0.29, 0.717) is 18.9 Å². The molecule has 1 aromatic heterocycles. The average Bonchev–Trinajstić information content (AvgIpc) is 2.87. The number of fused-ring (bicyclic) bond motifs is 1. The van der Waals surface area contributed by atoms with E-state index in [9.17, 15) is 4.79 Å².